The lowest BCUT2D eigenvalue weighted by atomic mass is 9.82. The molecule has 0 aromatic carbocycles. The van der Waals surface area contributed by atoms with Crippen LogP contribution in [-0.4, -0.2) is 97.5 Å². The summed E-state index contributed by atoms with van der Waals surface area (Å²) in [7, 11) is 2.13. The van der Waals surface area contributed by atoms with Crippen LogP contribution in [0.4, 0.5) is 0 Å². The number of likely N-dealkylation sites (tertiary alicyclic amines) is 1. The number of nitrogens with zero attached hydrogens (tertiary/aromatic N) is 3. The van der Waals surface area contributed by atoms with E-state index in [1.165, 1.54) is 6.92 Å². The van der Waals surface area contributed by atoms with Crippen molar-refractivity contribution in [1.82, 2.24) is 20.0 Å². The molecule has 0 aromatic rings. The summed E-state index contributed by atoms with van der Waals surface area (Å²) in [6.45, 7) is 10.0. The van der Waals surface area contributed by atoms with E-state index in [4.69, 9.17) is 4.74 Å². The fraction of sp³-hybridized carbons (Fsp3) is 0.750. The summed E-state index contributed by atoms with van der Waals surface area (Å²) in [5.74, 6) is -0.619. The van der Waals surface area contributed by atoms with Crippen LogP contribution in [0.25, 0.3) is 0 Å². The summed E-state index contributed by atoms with van der Waals surface area (Å²) in [6.07, 6.45) is 1.82. The maximum Gasteiger partial charge on any atom is 0.335 e. The van der Waals surface area contributed by atoms with Gasteiger partial charge in [0.05, 0.1) is 5.57 Å². The number of piperazine rings is 1. The van der Waals surface area contributed by atoms with E-state index in [2.05, 4.69) is 22.2 Å². The van der Waals surface area contributed by atoms with Crippen LogP contribution in [0.2, 0.25) is 0 Å². The Morgan fingerprint density at radius 2 is 1.75 bits per heavy atom. The average Bonchev–Trinajstić information content (AvgIpc) is 2.90. The van der Waals surface area contributed by atoms with Crippen molar-refractivity contribution in [3.05, 3.63) is 11.1 Å². The Morgan fingerprint density at radius 1 is 1.11 bits per heavy atom. The first-order chi connectivity index (χ1) is 13.3. The molecule has 2 fully saturated rings. The van der Waals surface area contributed by atoms with Crippen LogP contribution in [0.3, 0.4) is 0 Å². The predicted molar refractivity (Wildman–Crippen MR) is 105 cm³/mol. The molecule has 0 saturated carbocycles. The number of nitrogens with one attached hydrogen (secondary N) is 1. The summed E-state index contributed by atoms with van der Waals surface area (Å²) in [4.78, 5) is 43.1. The fourth-order valence-corrected chi connectivity index (χ4v) is 4.33. The third-order valence-electron chi connectivity index (χ3n) is 6.20. The number of carbonyl (C=O) groups is 3. The van der Waals surface area contributed by atoms with Gasteiger partial charge < -0.3 is 24.8 Å². The second-order valence-corrected chi connectivity index (χ2v) is 8.14. The van der Waals surface area contributed by atoms with Crippen LogP contribution in [0.1, 0.15) is 33.1 Å². The second kappa shape index (κ2) is 8.61. The summed E-state index contributed by atoms with van der Waals surface area (Å²) in [5.41, 5.74) is -0.0255. The molecule has 0 aliphatic carbocycles. The quantitative estimate of drug-likeness (QED) is 0.524. The van der Waals surface area contributed by atoms with E-state index in [0.29, 0.717) is 43.6 Å². The highest BCUT2D eigenvalue weighted by Gasteiger charge is 2.50. The summed E-state index contributed by atoms with van der Waals surface area (Å²) >= 11 is 0. The molecule has 2 saturated heterocycles. The Hall–Kier alpha value is -1.93. The third-order valence-corrected chi connectivity index (χ3v) is 6.20. The fourth-order valence-electron chi connectivity index (χ4n) is 4.33. The first kappa shape index (κ1) is 20.8. The van der Waals surface area contributed by atoms with Crippen LogP contribution < -0.4 is 5.32 Å². The lowest BCUT2D eigenvalue weighted by Crippen LogP contribution is -2.50. The molecular formula is C20H32N4O4. The normalized spacial score (nSPS) is 23.2. The highest BCUT2D eigenvalue weighted by molar-refractivity contribution is 6.07. The number of hydrogen-bond donors (Lipinski definition) is 1. The number of likely N-dealkylation sites (N-methyl/N-ethyl adjacent to an activating group) is 1. The Morgan fingerprint density at radius 3 is 2.36 bits per heavy atom. The Kier molecular flexibility index (Phi) is 6.40. The van der Waals surface area contributed by atoms with Crippen molar-refractivity contribution in [2.45, 2.75) is 38.7 Å². The zero-order chi connectivity index (χ0) is 20.3. The zero-order valence-corrected chi connectivity index (χ0v) is 17.3. The van der Waals surface area contributed by atoms with E-state index in [1.807, 2.05) is 0 Å². The van der Waals surface area contributed by atoms with Gasteiger partial charge in [-0.05, 0) is 26.9 Å². The maximum atomic E-state index is 12.9. The topological polar surface area (TPSA) is 82.2 Å². The van der Waals surface area contributed by atoms with Crippen molar-refractivity contribution >= 4 is 17.8 Å². The summed E-state index contributed by atoms with van der Waals surface area (Å²) < 4.78 is 5.65. The first-order valence-corrected chi connectivity index (χ1v) is 10.2. The molecule has 0 aromatic heterocycles. The van der Waals surface area contributed by atoms with E-state index in [-0.39, 0.29) is 11.8 Å². The average molecular weight is 393 g/mol. The molecule has 3 aliphatic rings. The molecule has 8 heteroatoms. The van der Waals surface area contributed by atoms with Crippen molar-refractivity contribution in [2.75, 3.05) is 59.4 Å². The van der Waals surface area contributed by atoms with Crippen LogP contribution in [-0.2, 0) is 19.1 Å². The molecular weight excluding hydrogens is 360 g/mol. The van der Waals surface area contributed by atoms with Crippen LogP contribution in [0.5, 0.6) is 0 Å². The number of hydrogen-bond acceptors (Lipinski definition) is 6. The number of esters is 1. The maximum absolute atomic E-state index is 12.9. The third kappa shape index (κ3) is 4.38. The molecule has 3 aliphatic heterocycles. The van der Waals surface area contributed by atoms with E-state index >= 15 is 0 Å². The van der Waals surface area contributed by atoms with Gasteiger partial charge in [-0.25, -0.2) is 4.79 Å². The van der Waals surface area contributed by atoms with E-state index in [1.54, 1.807) is 11.8 Å². The minimum Gasteiger partial charge on any atom is -0.450 e. The number of carbonyl (C=O) groups excluding carboxylic acids is 3. The molecule has 2 amide bonds. The molecule has 156 valence electrons. The van der Waals surface area contributed by atoms with Gasteiger partial charge in [0.25, 0.3) is 5.91 Å². The lowest BCUT2D eigenvalue weighted by Gasteiger charge is -2.39. The molecule has 3 rings (SSSR count). The highest BCUT2D eigenvalue weighted by atomic mass is 16.6. The predicted octanol–water partition coefficient (Wildman–Crippen LogP) is -0.00550. The molecule has 28 heavy (non-hydrogen) atoms. The zero-order valence-electron chi connectivity index (χ0n) is 17.3. The standard InChI is InChI=1S/C20H32N4O4/c1-15-17(18(26)21-7-4-8-23-13-11-22(3)12-14-23)20(28-19(15)27)5-9-24(10-6-20)16(2)25/h4-14H2,1-3H3,(H,21,26). The Labute approximate surface area is 166 Å². The van der Waals surface area contributed by atoms with Crippen LogP contribution in [0, 0.1) is 0 Å². The lowest BCUT2D eigenvalue weighted by molar-refractivity contribution is -0.152. The molecule has 0 unspecified atom stereocenters. The number of rotatable bonds is 5. The van der Waals surface area contributed by atoms with Crippen molar-refractivity contribution in [1.29, 1.82) is 0 Å². The molecule has 8 nitrogen and oxygen atoms in total. The van der Waals surface area contributed by atoms with Gasteiger partial charge in [-0.3, -0.25) is 9.59 Å². The van der Waals surface area contributed by atoms with Gasteiger partial charge in [-0.2, -0.15) is 0 Å². The van der Waals surface area contributed by atoms with Gasteiger partial charge in [0.15, 0.2) is 0 Å². The van der Waals surface area contributed by atoms with Gasteiger partial charge >= 0.3 is 5.97 Å². The number of amides is 2. The number of ether oxygens (including phenoxy) is 1. The molecule has 0 atom stereocenters. The summed E-state index contributed by atoms with van der Waals surface area (Å²) in [5, 5.41) is 2.98. The molecule has 3 heterocycles. The minimum absolute atomic E-state index is 0.00906. The second-order valence-electron chi connectivity index (χ2n) is 8.14. The van der Waals surface area contributed by atoms with Gasteiger partial charge in [-0.15, -0.1) is 0 Å². The van der Waals surface area contributed by atoms with Crippen LogP contribution in [0.15, 0.2) is 11.1 Å². The summed E-state index contributed by atoms with van der Waals surface area (Å²) in [6, 6.07) is 0. The smallest absolute Gasteiger partial charge is 0.335 e. The number of piperidine rings is 1. The van der Waals surface area contributed by atoms with Gasteiger partial charge in [0.1, 0.15) is 5.60 Å². The van der Waals surface area contributed by atoms with Crippen molar-refractivity contribution in [3.63, 3.8) is 0 Å². The van der Waals surface area contributed by atoms with Gasteiger partial charge in [0, 0.05) is 71.2 Å². The van der Waals surface area contributed by atoms with Gasteiger partial charge in [0.2, 0.25) is 5.91 Å². The first-order valence-electron chi connectivity index (χ1n) is 10.2. The largest absolute Gasteiger partial charge is 0.450 e. The molecule has 1 spiro atoms. The van der Waals surface area contributed by atoms with Crippen molar-refractivity contribution < 1.29 is 19.1 Å². The van der Waals surface area contributed by atoms with Crippen LogP contribution >= 0.6 is 0 Å². The Balaban J connectivity index is 1.53. The molecule has 1 N–H and O–H groups in total. The minimum atomic E-state index is -0.880. The van der Waals surface area contributed by atoms with E-state index in [9.17, 15) is 14.4 Å². The van der Waals surface area contributed by atoms with E-state index in [0.717, 1.165) is 39.1 Å². The Bertz CT molecular complexity index is 659. The van der Waals surface area contributed by atoms with E-state index < -0.39 is 11.6 Å². The van der Waals surface area contributed by atoms with Crippen molar-refractivity contribution in [3.8, 4) is 0 Å². The monoisotopic (exact) mass is 392 g/mol. The highest BCUT2D eigenvalue weighted by Crippen LogP contribution is 2.41. The van der Waals surface area contributed by atoms with Gasteiger partial charge in [-0.1, -0.05) is 0 Å². The van der Waals surface area contributed by atoms with Crippen molar-refractivity contribution in [2.24, 2.45) is 0 Å². The molecule has 0 bridgehead atoms. The SMILES string of the molecule is CC(=O)N1CCC2(CC1)OC(=O)C(C)=C2C(=O)NCCCN1CCN(C)CC1. The molecule has 0 radical (unpaired) electrons.